The summed E-state index contributed by atoms with van der Waals surface area (Å²) < 4.78 is 39.3. The van der Waals surface area contributed by atoms with Gasteiger partial charge in [-0.1, -0.05) is 26.0 Å². The van der Waals surface area contributed by atoms with Gasteiger partial charge in [-0.15, -0.1) is 11.3 Å². The number of urea groups is 1. The normalized spacial score (nSPS) is 23.9. The molecule has 3 aliphatic rings. The van der Waals surface area contributed by atoms with Crippen LogP contribution in [0, 0.1) is 12.8 Å². The van der Waals surface area contributed by atoms with E-state index in [4.69, 9.17) is 19.4 Å². The van der Waals surface area contributed by atoms with E-state index in [1.807, 2.05) is 42.7 Å². The van der Waals surface area contributed by atoms with Crippen molar-refractivity contribution >= 4 is 50.1 Å². The van der Waals surface area contributed by atoms with E-state index in [1.165, 1.54) is 16.2 Å². The molecule has 13 nitrogen and oxygen atoms in total. The summed E-state index contributed by atoms with van der Waals surface area (Å²) in [5.74, 6) is -0.300. The number of fused-ring (bicyclic) bond motifs is 2. The number of benzene rings is 1. The molecule has 3 aromatic rings. The molecule has 0 radical (unpaired) electrons. The van der Waals surface area contributed by atoms with Crippen molar-refractivity contribution in [3.8, 4) is 22.2 Å². The predicted molar refractivity (Wildman–Crippen MR) is 200 cm³/mol. The molecule has 2 aliphatic carbocycles. The van der Waals surface area contributed by atoms with E-state index in [0.717, 1.165) is 40.9 Å². The molecule has 1 aromatic carbocycles. The minimum atomic E-state index is -3.94. The van der Waals surface area contributed by atoms with Gasteiger partial charge in [-0.3, -0.25) is 14.3 Å². The third-order valence-corrected chi connectivity index (χ3v) is 13.4. The first-order valence-electron chi connectivity index (χ1n) is 17.8. The highest BCUT2D eigenvalue weighted by molar-refractivity contribution is 7.91. The number of aryl methyl sites for hydroxylation is 1. The molecule has 0 saturated heterocycles. The maximum absolute atomic E-state index is 14.0. The minimum absolute atomic E-state index is 0.0239. The fraction of sp³-hybridized carbons (Fsp3) is 0.541. The topological polar surface area (TPSA) is 169 Å². The molecule has 0 bridgehead atoms. The number of nitrogens with one attached hydrogen (secondary N) is 3. The van der Waals surface area contributed by atoms with Crippen LogP contribution in [0.3, 0.4) is 0 Å². The van der Waals surface area contributed by atoms with Crippen molar-refractivity contribution in [3.05, 3.63) is 47.0 Å². The van der Waals surface area contributed by atoms with Crippen LogP contribution in [-0.2, 0) is 19.6 Å². The molecule has 0 unspecified atom stereocenters. The fourth-order valence-electron chi connectivity index (χ4n) is 6.36. The fourth-order valence-corrected chi connectivity index (χ4v) is 8.61. The lowest BCUT2D eigenvalue weighted by Gasteiger charge is -2.26. The molecule has 15 heteroatoms. The van der Waals surface area contributed by atoms with Crippen LogP contribution in [0.5, 0.6) is 11.5 Å². The molecule has 0 spiro atoms. The number of hydrogen-bond donors (Lipinski definition) is 3. The summed E-state index contributed by atoms with van der Waals surface area (Å²) in [4.78, 5) is 52.3. The minimum Gasteiger partial charge on any atom is -0.496 e. The number of hydrogen-bond acceptors (Lipinski definition) is 10. The lowest BCUT2D eigenvalue weighted by molar-refractivity contribution is -0.130. The Hall–Kier alpha value is -4.24. The van der Waals surface area contributed by atoms with Gasteiger partial charge in [0.05, 0.1) is 29.7 Å². The average molecular weight is 753 g/mol. The number of thiazole rings is 1. The zero-order valence-corrected chi connectivity index (χ0v) is 32.2. The second-order valence-electron chi connectivity index (χ2n) is 14.7. The first kappa shape index (κ1) is 37.5. The highest BCUT2D eigenvalue weighted by atomic mass is 32.2. The van der Waals surface area contributed by atoms with Crippen LogP contribution in [-0.4, -0.2) is 84.8 Å². The van der Waals surface area contributed by atoms with Crippen LogP contribution in [0.2, 0.25) is 0 Å². The Morgan fingerprint density at radius 2 is 1.94 bits per heavy atom. The highest BCUT2D eigenvalue weighted by Crippen LogP contribution is 2.47. The number of carbonyl (C=O) groups is 3. The maximum atomic E-state index is 14.0. The number of amides is 4. The maximum Gasteiger partial charge on any atom is 0.317 e. The molecule has 1 aliphatic heterocycles. The number of carbonyl (C=O) groups excluding carboxylic acids is 3. The zero-order valence-electron chi connectivity index (χ0n) is 30.6. The highest BCUT2D eigenvalue weighted by Gasteiger charge is 2.62. The number of pyridine rings is 1. The van der Waals surface area contributed by atoms with Crippen LogP contribution in [0.25, 0.3) is 21.6 Å². The summed E-state index contributed by atoms with van der Waals surface area (Å²) >= 11 is 1.50. The van der Waals surface area contributed by atoms with Gasteiger partial charge in [0, 0.05) is 48.3 Å². The standard InChI is InChI=1S/C37H48N6O7S2/c1-22(2)28-21-51-33(39-28)27-19-30(25-12-13-29(49-6)23(3)31(25)38-27)50-18-14-26-32(44)41-37(34(45)42-52(47,48)36(4)15-16-36)20-24(37)11-9-7-8-10-17-43(5)35(46)40-26/h9,11-13,19,21-22,24,26H,7-8,10,14-18,20H2,1-6H3,(H,40,46)(H,41,44)(H,42,45)/b11-9-/t24-,26+,37-/m1/s1. The molecule has 2 saturated carbocycles. The van der Waals surface area contributed by atoms with Gasteiger partial charge in [0.15, 0.2) is 0 Å². The molecule has 280 valence electrons. The van der Waals surface area contributed by atoms with E-state index < -0.39 is 44.2 Å². The third kappa shape index (κ3) is 7.61. The predicted octanol–water partition coefficient (Wildman–Crippen LogP) is 5.19. The monoisotopic (exact) mass is 752 g/mol. The second-order valence-corrected chi connectivity index (χ2v) is 17.7. The Kier molecular flexibility index (Phi) is 10.6. The van der Waals surface area contributed by atoms with Crippen molar-refractivity contribution in [3.63, 3.8) is 0 Å². The number of allylic oxidation sites excluding steroid dienone is 1. The molecule has 2 fully saturated rings. The summed E-state index contributed by atoms with van der Waals surface area (Å²) in [7, 11) is -0.666. The Morgan fingerprint density at radius 3 is 2.63 bits per heavy atom. The molecule has 3 heterocycles. The van der Waals surface area contributed by atoms with Gasteiger partial charge in [0.1, 0.15) is 33.8 Å². The molecule has 52 heavy (non-hydrogen) atoms. The van der Waals surface area contributed by atoms with Crippen molar-refractivity contribution in [2.75, 3.05) is 27.3 Å². The van der Waals surface area contributed by atoms with Crippen LogP contribution >= 0.6 is 11.3 Å². The molecule has 3 N–H and O–H groups in total. The van der Waals surface area contributed by atoms with Gasteiger partial charge in [-0.05, 0) is 70.4 Å². The molecule has 4 amide bonds. The molecule has 2 aromatic heterocycles. The first-order chi connectivity index (χ1) is 24.7. The Bertz CT molecular complexity index is 2010. The Labute approximate surface area is 309 Å². The summed E-state index contributed by atoms with van der Waals surface area (Å²) in [5, 5.41) is 9.20. The molecular weight excluding hydrogens is 705 g/mol. The second kappa shape index (κ2) is 14.6. The largest absolute Gasteiger partial charge is 0.496 e. The van der Waals surface area contributed by atoms with Gasteiger partial charge in [0.25, 0.3) is 5.91 Å². The number of sulfonamides is 1. The van der Waals surface area contributed by atoms with Crippen molar-refractivity contribution in [1.82, 2.24) is 30.2 Å². The molecule has 6 rings (SSSR count). The summed E-state index contributed by atoms with van der Waals surface area (Å²) in [6.45, 7) is 8.22. The van der Waals surface area contributed by atoms with Crippen LogP contribution in [0.15, 0.2) is 35.7 Å². The van der Waals surface area contributed by atoms with Crippen molar-refractivity contribution in [2.45, 2.75) is 94.9 Å². The van der Waals surface area contributed by atoms with Crippen molar-refractivity contribution < 1.29 is 32.3 Å². The lowest BCUT2D eigenvalue weighted by Crippen LogP contribution is -2.58. The summed E-state index contributed by atoms with van der Waals surface area (Å²) in [6, 6.07) is 4.03. The average Bonchev–Trinajstić information content (AvgIpc) is 3.96. The van der Waals surface area contributed by atoms with E-state index in [9.17, 15) is 22.8 Å². The van der Waals surface area contributed by atoms with Gasteiger partial charge in [0.2, 0.25) is 15.9 Å². The SMILES string of the molecule is COc1ccc2c(OCC[C@@H]3NC(=O)N(C)CCCC/C=C\[C@@H]4C[C@@]4(C(=O)NS(=O)(=O)C4(C)CC4)NC3=O)cc(-c3nc(C(C)C)cs3)nc2c1C. The first-order valence-corrected chi connectivity index (χ1v) is 20.2. The number of methoxy groups -OCH3 is 1. The van der Waals surface area contributed by atoms with E-state index in [0.29, 0.717) is 42.1 Å². The zero-order chi connectivity index (χ0) is 37.4. The van der Waals surface area contributed by atoms with Crippen molar-refractivity contribution in [2.24, 2.45) is 5.92 Å². The smallest absolute Gasteiger partial charge is 0.317 e. The third-order valence-electron chi connectivity index (χ3n) is 10.4. The number of aromatic nitrogens is 2. The van der Waals surface area contributed by atoms with Gasteiger partial charge < -0.3 is 25.0 Å². The van der Waals surface area contributed by atoms with Crippen LogP contribution in [0.1, 0.15) is 82.9 Å². The number of rotatable bonds is 10. The van der Waals surface area contributed by atoms with E-state index in [-0.39, 0.29) is 31.3 Å². The lowest BCUT2D eigenvalue weighted by atomic mass is 10.1. The Morgan fingerprint density at radius 1 is 1.17 bits per heavy atom. The van der Waals surface area contributed by atoms with E-state index >= 15 is 0 Å². The number of ether oxygens (including phenoxy) is 2. The summed E-state index contributed by atoms with van der Waals surface area (Å²) in [5.41, 5.74) is 1.67. The Balaban J connectivity index is 1.27. The summed E-state index contributed by atoms with van der Waals surface area (Å²) in [6.07, 6.45) is 7.37. The van der Waals surface area contributed by atoms with Gasteiger partial charge in [-0.25, -0.2) is 23.2 Å². The quantitative estimate of drug-likeness (QED) is 0.236. The van der Waals surface area contributed by atoms with Crippen LogP contribution in [0.4, 0.5) is 4.79 Å². The number of nitrogens with zero attached hydrogens (tertiary/aromatic N) is 3. The van der Waals surface area contributed by atoms with Gasteiger partial charge in [-0.2, -0.15) is 0 Å². The van der Waals surface area contributed by atoms with E-state index in [2.05, 4.69) is 29.2 Å². The van der Waals surface area contributed by atoms with Crippen LogP contribution < -0.4 is 24.8 Å². The van der Waals surface area contributed by atoms with Gasteiger partial charge >= 0.3 is 6.03 Å². The van der Waals surface area contributed by atoms with E-state index in [1.54, 1.807) is 21.1 Å². The molecular formula is C37H48N6O7S2. The molecule has 3 atom stereocenters. The van der Waals surface area contributed by atoms with Crippen molar-refractivity contribution in [1.29, 1.82) is 0 Å².